The van der Waals surface area contributed by atoms with Crippen LogP contribution in [0.5, 0.6) is 0 Å². The molecule has 0 saturated heterocycles. The van der Waals surface area contributed by atoms with Crippen molar-refractivity contribution in [3.8, 4) is 0 Å². The van der Waals surface area contributed by atoms with Crippen molar-refractivity contribution in [1.29, 1.82) is 0 Å². The molecule has 1 rings (SSSR count). The second kappa shape index (κ2) is 8.60. The summed E-state index contributed by atoms with van der Waals surface area (Å²) >= 11 is 3.50. The van der Waals surface area contributed by atoms with Crippen molar-refractivity contribution in [2.45, 2.75) is 57.9 Å². The highest BCUT2D eigenvalue weighted by molar-refractivity contribution is 9.10. The van der Waals surface area contributed by atoms with Crippen LogP contribution in [0.15, 0.2) is 28.7 Å². The van der Waals surface area contributed by atoms with E-state index in [9.17, 15) is 0 Å². The van der Waals surface area contributed by atoms with Crippen molar-refractivity contribution in [2.75, 3.05) is 11.9 Å². The van der Waals surface area contributed by atoms with Crippen molar-refractivity contribution in [3.63, 3.8) is 0 Å². The van der Waals surface area contributed by atoms with E-state index in [4.69, 9.17) is 5.73 Å². The Bertz CT molecular complexity index is 368. The van der Waals surface area contributed by atoms with Crippen LogP contribution in [0.3, 0.4) is 0 Å². The van der Waals surface area contributed by atoms with Crippen LogP contribution in [0.4, 0.5) is 5.69 Å². The maximum atomic E-state index is 5.96. The molecule has 0 saturated carbocycles. The van der Waals surface area contributed by atoms with Crippen molar-refractivity contribution < 1.29 is 0 Å². The summed E-state index contributed by atoms with van der Waals surface area (Å²) in [6, 6.07) is 8.28. The number of hydrogen-bond donors (Lipinski definition) is 2. The van der Waals surface area contributed by atoms with E-state index in [0.717, 1.165) is 16.6 Å². The van der Waals surface area contributed by atoms with Crippen LogP contribution in [0.2, 0.25) is 0 Å². The number of rotatable bonds is 9. The molecule has 0 fully saturated rings. The van der Waals surface area contributed by atoms with E-state index in [1.807, 2.05) is 12.1 Å². The monoisotopic (exact) mass is 326 g/mol. The zero-order chi connectivity index (χ0) is 14.1. The first-order valence-corrected chi connectivity index (χ1v) is 8.13. The SMILES string of the molecule is CCCCCCCC(C)(CN)Nc1cccc(Br)c1. The zero-order valence-corrected chi connectivity index (χ0v) is 13.8. The summed E-state index contributed by atoms with van der Waals surface area (Å²) in [6.07, 6.45) is 7.66. The molecule has 0 aliphatic rings. The predicted molar refractivity (Wildman–Crippen MR) is 88.6 cm³/mol. The first-order chi connectivity index (χ1) is 9.09. The topological polar surface area (TPSA) is 38.0 Å². The Morgan fingerprint density at radius 1 is 1.21 bits per heavy atom. The molecule has 0 radical (unpaired) electrons. The molecule has 1 unspecified atom stereocenters. The lowest BCUT2D eigenvalue weighted by Gasteiger charge is -2.31. The first kappa shape index (κ1) is 16.5. The minimum absolute atomic E-state index is 0.00694. The number of halogens is 1. The first-order valence-electron chi connectivity index (χ1n) is 7.33. The number of hydrogen-bond acceptors (Lipinski definition) is 2. The average Bonchev–Trinajstić information content (AvgIpc) is 2.38. The highest BCUT2D eigenvalue weighted by atomic mass is 79.9. The molecule has 3 N–H and O–H groups in total. The number of nitrogens with two attached hydrogens (primary N) is 1. The van der Waals surface area contributed by atoms with Crippen LogP contribution >= 0.6 is 15.9 Å². The lowest BCUT2D eigenvalue weighted by atomic mass is 9.93. The third-order valence-electron chi connectivity index (χ3n) is 3.55. The van der Waals surface area contributed by atoms with Gasteiger partial charge in [-0.2, -0.15) is 0 Å². The van der Waals surface area contributed by atoms with Gasteiger partial charge in [0.2, 0.25) is 0 Å². The van der Waals surface area contributed by atoms with Gasteiger partial charge in [-0.3, -0.25) is 0 Å². The smallest absolute Gasteiger partial charge is 0.0467 e. The Balaban J connectivity index is 2.45. The largest absolute Gasteiger partial charge is 0.379 e. The normalized spacial score (nSPS) is 14.1. The van der Waals surface area contributed by atoms with Crippen molar-refractivity contribution in [1.82, 2.24) is 0 Å². The van der Waals surface area contributed by atoms with E-state index in [0.29, 0.717) is 6.54 Å². The Labute approximate surface area is 126 Å². The number of unbranched alkanes of at least 4 members (excludes halogenated alkanes) is 4. The van der Waals surface area contributed by atoms with Gasteiger partial charge in [0, 0.05) is 22.2 Å². The van der Waals surface area contributed by atoms with E-state index in [2.05, 4.69) is 47.2 Å². The van der Waals surface area contributed by atoms with Crippen LogP contribution in [-0.2, 0) is 0 Å². The van der Waals surface area contributed by atoms with E-state index in [-0.39, 0.29) is 5.54 Å². The molecule has 1 atom stereocenters. The van der Waals surface area contributed by atoms with Gasteiger partial charge in [0.05, 0.1) is 0 Å². The van der Waals surface area contributed by atoms with Gasteiger partial charge < -0.3 is 11.1 Å². The molecule has 1 aromatic carbocycles. The van der Waals surface area contributed by atoms with Crippen LogP contribution < -0.4 is 11.1 Å². The zero-order valence-electron chi connectivity index (χ0n) is 12.2. The Hall–Kier alpha value is -0.540. The van der Waals surface area contributed by atoms with Gasteiger partial charge in [0.25, 0.3) is 0 Å². The number of benzene rings is 1. The second-order valence-corrected chi connectivity index (χ2v) is 6.48. The average molecular weight is 327 g/mol. The van der Waals surface area contributed by atoms with E-state index < -0.39 is 0 Å². The molecule has 2 nitrogen and oxygen atoms in total. The summed E-state index contributed by atoms with van der Waals surface area (Å²) < 4.78 is 1.10. The molecule has 0 spiro atoms. The highest BCUT2D eigenvalue weighted by Crippen LogP contribution is 2.23. The number of nitrogens with one attached hydrogen (secondary N) is 1. The third-order valence-corrected chi connectivity index (χ3v) is 4.05. The molecule has 0 amide bonds. The maximum Gasteiger partial charge on any atom is 0.0467 e. The molecule has 0 heterocycles. The molecule has 108 valence electrons. The van der Waals surface area contributed by atoms with Gasteiger partial charge in [-0.05, 0) is 31.5 Å². The summed E-state index contributed by atoms with van der Waals surface area (Å²) in [4.78, 5) is 0. The Morgan fingerprint density at radius 2 is 1.95 bits per heavy atom. The van der Waals surface area contributed by atoms with Gasteiger partial charge in [-0.1, -0.05) is 61.0 Å². The van der Waals surface area contributed by atoms with Crippen LogP contribution in [0, 0.1) is 0 Å². The fourth-order valence-electron chi connectivity index (χ4n) is 2.25. The quantitative estimate of drug-likeness (QED) is 0.631. The molecule has 19 heavy (non-hydrogen) atoms. The van der Waals surface area contributed by atoms with Gasteiger partial charge >= 0.3 is 0 Å². The van der Waals surface area contributed by atoms with Gasteiger partial charge in [-0.25, -0.2) is 0 Å². The molecular formula is C16H27BrN2. The van der Waals surface area contributed by atoms with E-state index in [1.165, 1.54) is 32.1 Å². The second-order valence-electron chi connectivity index (χ2n) is 5.56. The fourth-order valence-corrected chi connectivity index (χ4v) is 2.65. The molecule has 0 aromatic heterocycles. The highest BCUT2D eigenvalue weighted by Gasteiger charge is 2.21. The van der Waals surface area contributed by atoms with Crippen molar-refractivity contribution >= 4 is 21.6 Å². The lowest BCUT2D eigenvalue weighted by molar-refractivity contribution is 0.449. The molecular weight excluding hydrogens is 300 g/mol. The summed E-state index contributed by atoms with van der Waals surface area (Å²) in [6.45, 7) is 5.12. The van der Waals surface area contributed by atoms with Crippen molar-refractivity contribution in [2.24, 2.45) is 5.73 Å². The van der Waals surface area contributed by atoms with Gasteiger partial charge in [0.15, 0.2) is 0 Å². The minimum Gasteiger partial charge on any atom is -0.379 e. The van der Waals surface area contributed by atoms with Crippen LogP contribution in [0.1, 0.15) is 52.4 Å². The Kier molecular flexibility index (Phi) is 7.47. The minimum atomic E-state index is -0.00694. The predicted octanol–water partition coefficient (Wildman–Crippen LogP) is 4.94. The summed E-state index contributed by atoms with van der Waals surface area (Å²) in [5, 5.41) is 3.58. The van der Waals surface area contributed by atoms with Crippen LogP contribution in [-0.4, -0.2) is 12.1 Å². The van der Waals surface area contributed by atoms with E-state index in [1.54, 1.807) is 0 Å². The molecule has 0 bridgehead atoms. The summed E-state index contributed by atoms with van der Waals surface area (Å²) in [5.74, 6) is 0. The summed E-state index contributed by atoms with van der Waals surface area (Å²) in [5.41, 5.74) is 7.09. The van der Waals surface area contributed by atoms with E-state index >= 15 is 0 Å². The molecule has 3 heteroatoms. The third kappa shape index (κ3) is 6.44. The van der Waals surface area contributed by atoms with Gasteiger partial charge in [0.1, 0.15) is 0 Å². The van der Waals surface area contributed by atoms with Crippen molar-refractivity contribution in [3.05, 3.63) is 28.7 Å². The Morgan fingerprint density at radius 3 is 2.58 bits per heavy atom. The van der Waals surface area contributed by atoms with Crippen LogP contribution in [0.25, 0.3) is 0 Å². The molecule has 0 aliphatic heterocycles. The van der Waals surface area contributed by atoms with Gasteiger partial charge in [-0.15, -0.1) is 0 Å². The lowest BCUT2D eigenvalue weighted by Crippen LogP contribution is -2.42. The maximum absolute atomic E-state index is 5.96. The standard InChI is InChI=1S/C16H27BrN2/c1-3-4-5-6-7-11-16(2,13-18)19-15-10-8-9-14(17)12-15/h8-10,12,19H,3-7,11,13,18H2,1-2H3. The fraction of sp³-hybridized carbons (Fsp3) is 0.625. The number of anilines is 1. The molecule has 0 aliphatic carbocycles. The molecule has 1 aromatic rings. The summed E-state index contributed by atoms with van der Waals surface area (Å²) in [7, 11) is 0.